The lowest BCUT2D eigenvalue weighted by molar-refractivity contribution is 0.321. The lowest BCUT2D eigenvalue weighted by Crippen LogP contribution is -2.31. The van der Waals surface area contributed by atoms with E-state index in [1.165, 1.54) is 19.3 Å². The van der Waals surface area contributed by atoms with Crippen molar-refractivity contribution >= 4 is 11.6 Å². The molecular weight excluding hydrogens is 224 g/mol. The van der Waals surface area contributed by atoms with E-state index in [2.05, 4.69) is 28.8 Å². The minimum atomic E-state index is 0.629. The summed E-state index contributed by atoms with van der Waals surface area (Å²) in [6.07, 6.45) is 6.03. The Morgan fingerprint density at radius 1 is 1.33 bits per heavy atom. The Morgan fingerprint density at radius 2 is 2.06 bits per heavy atom. The zero-order valence-corrected chi connectivity index (χ0v) is 11.7. The van der Waals surface area contributed by atoms with Crippen LogP contribution in [0.5, 0.6) is 0 Å². The SMILES string of the molecule is CCCc1nc(N)c(C)c(N(C)CC2CCC2)n1. The molecule has 4 nitrogen and oxygen atoms in total. The number of aryl methyl sites for hydroxylation is 1. The van der Waals surface area contributed by atoms with E-state index in [0.717, 1.165) is 42.5 Å². The second-order valence-corrected chi connectivity index (χ2v) is 5.40. The van der Waals surface area contributed by atoms with E-state index >= 15 is 0 Å². The van der Waals surface area contributed by atoms with Crippen molar-refractivity contribution in [3.8, 4) is 0 Å². The van der Waals surface area contributed by atoms with Gasteiger partial charge in [-0.25, -0.2) is 9.97 Å². The van der Waals surface area contributed by atoms with Gasteiger partial charge in [-0.3, -0.25) is 0 Å². The van der Waals surface area contributed by atoms with E-state index in [9.17, 15) is 0 Å². The summed E-state index contributed by atoms with van der Waals surface area (Å²) in [6, 6.07) is 0. The minimum Gasteiger partial charge on any atom is -0.383 e. The maximum Gasteiger partial charge on any atom is 0.137 e. The number of nitrogen functional groups attached to an aromatic ring is 1. The summed E-state index contributed by atoms with van der Waals surface area (Å²) in [5, 5.41) is 0. The topological polar surface area (TPSA) is 55.0 Å². The third-order valence-corrected chi connectivity index (χ3v) is 3.80. The summed E-state index contributed by atoms with van der Waals surface area (Å²) in [7, 11) is 2.11. The van der Waals surface area contributed by atoms with Crippen LogP contribution in [0.1, 0.15) is 44.0 Å². The second-order valence-electron chi connectivity index (χ2n) is 5.40. The van der Waals surface area contributed by atoms with Crippen LogP contribution in [-0.4, -0.2) is 23.6 Å². The molecule has 0 saturated heterocycles. The van der Waals surface area contributed by atoms with Crippen LogP contribution >= 0.6 is 0 Å². The fourth-order valence-corrected chi connectivity index (χ4v) is 2.42. The van der Waals surface area contributed by atoms with Gasteiger partial charge >= 0.3 is 0 Å². The first-order valence-electron chi connectivity index (χ1n) is 6.96. The highest BCUT2D eigenvalue weighted by atomic mass is 15.2. The van der Waals surface area contributed by atoms with Gasteiger partial charge in [0, 0.05) is 25.6 Å². The summed E-state index contributed by atoms with van der Waals surface area (Å²) in [6.45, 7) is 5.23. The molecule has 1 fully saturated rings. The first kappa shape index (κ1) is 13.1. The largest absolute Gasteiger partial charge is 0.383 e. The van der Waals surface area contributed by atoms with E-state index < -0.39 is 0 Å². The second kappa shape index (κ2) is 5.55. The Labute approximate surface area is 110 Å². The van der Waals surface area contributed by atoms with Crippen LogP contribution in [0.4, 0.5) is 11.6 Å². The number of rotatable bonds is 5. The molecule has 1 aliphatic rings. The van der Waals surface area contributed by atoms with Crippen LogP contribution in [0.25, 0.3) is 0 Å². The van der Waals surface area contributed by atoms with E-state index in [1.54, 1.807) is 0 Å². The number of hydrogen-bond acceptors (Lipinski definition) is 4. The number of hydrogen-bond donors (Lipinski definition) is 1. The number of nitrogens with zero attached hydrogens (tertiary/aromatic N) is 3. The van der Waals surface area contributed by atoms with E-state index in [0.29, 0.717) is 5.82 Å². The van der Waals surface area contributed by atoms with Crippen LogP contribution in [0.2, 0.25) is 0 Å². The van der Waals surface area contributed by atoms with Crippen molar-refractivity contribution in [1.82, 2.24) is 9.97 Å². The maximum absolute atomic E-state index is 5.99. The van der Waals surface area contributed by atoms with Crippen molar-refractivity contribution in [1.29, 1.82) is 0 Å². The average molecular weight is 248 g/mol. The molecule has 100 valence electrons. The smallest absolute Gasteiger partial charge is 0.137 e. The summed E-state index contributed by atoms with van der Waals surface area (Å²) in [5.41, 5.74) is 7.00. The molecule has 4 heteroatoms. The van der Waals surface area contributed by atoms with Crippen molar-refractivity contribution in [3.63, 3.8) is 0 Å². The van der Waals surface area contributed by atoms with E-state index in [-0.39, 0.29) is 0 Å². The molecule has 1 saturated carbocycles. The molecule has 0 aromatic carbocycles. The molecule has 0 unspecified atom stereocenters. The van der Waals surface area contributed by atoms with Crippen LogP contribution < -0.4 is 10.6 Å². The molecule has 2 rings (SSSR count). The molecule has 0 radical (unpaired) electrons. The molecule has 0 aliphatic heterocycles. The zero-order chi connectivity index (χ0) is 13.1. The van der Waals surface area contributed by atoms with Crippen molar-refractivity contribution in [3.05, 3.63) is 11.4 Å². The van der Waals surface area contributed by atoms with Gasteiger partial charge in [-0.2, -0.15) is 0 Å². The highest BCUT2D eigenvalue weighted by molar-refractivity contribution is 5.56. The third-order valence-electron chi connectivity index (χ3n) is 3.80. The van der Waals surface area contributed by atoms with Crippen molar-refractivity contribution in [2.45, 2.75) is 46.0 Å². The predicted molar refractivity (Wildman–Crippen MR) is 75.8 cm³/mol. The van der Waals surface area contributed by atoms with Crippen LogP contribution in [0, 0.1) is 12.8 Å². The van der Waals surface area contributed by atoms with Crippen molar-refractivity contribution in [2.24, 2.45) is 5.92 Å². The molecule has 0 atom stereocenters. The lowest BCUT2D eigenvalue weighted by atomic mass is 9.85. The first-order chi connectivity index (χ1) is 8.61. The Kier molecular flexibility index (Phi) is 4.04. The van der Waals surface area contributed by atoms with E-state index in [4.69, 9.17) is 5.73 Å². The lowest BCUT2D eigenvalue weighted by Gasteiger charge is -2.31. The summed E-state index contributed by atoms with van der Waals surface area (Å²) in [5.74, 6) is 3.35. The Morgan fingerprint density at radius 3 is 2.61 bits per heavy atom. The van der Waals surface area contributed by atoms with Gasteiger partial charge in [-0.15, -0.1) is 0 Å². The van der Waals surface area contributed by atoms with Crippen molar-refractivity contribution < 1.29 is 0 Å². The highest BCUT2D eigenvalue weighted by Gasteiger charge is 2.21. The molecule has 0 spiro atoms. The van der Waals surface area contributed by atoms with E-state index in [1.807, 2.05) is 6.92 Å². The maximum atomic E-state index is 5.99. The molecule has 1 aromatic heterocycles. The van der Waals surface area contributed by atoms with Gasteiger partial charge in [-0.05, 0) is 32.1 Å². The average Bonchev–Trinajstić information content (AvgIpc) is 2.28. The normalized spacial score (nSPS) is 15.5. The van der Waals surface area contributed by atoms with Crippen LogP contribution in [0.15, 0.2) is 0 Å². The van der Waals surface area contributed by atoms with Gasteiger partial charge in [0.25, 0.3) is 0 Å². The molecule has 1 aliphatic carbocycles. The Balaban J connectivity index is 2.18. The molecule has 18 heavy (non-hydrogen) atoms. The highest BCUT2D eigenvalue weighted by Crippen LogP contribution is 2.29. The summed E-state index contributed by atoms with van der Waals surface area (Å²) in [4.78, 5) is 11.3. The molecule has 1 heterocycles. The summed E-state index contributed by atoms with van der Waals surface area (Å²) >= 11 is 0. The third kappa shape index (κ3) is 2.74. The molecule has 2 N–H and O–H groups in total. The van der Waals surface area contributed by atoms with Crippen LogP contribution in [-0.2, 0) is 6.42 Å². The van der Waals surface area contributed by atoms with Gasteiger partial charge in [0.1, 0.15) is 17.5 Å². The standard InChI is InChI=1S/C14H24N4/c1-4-6-12-16-13(15)10(2)14(17-12)18(3)9-11-7-5-8-11/h11H,4-9H2,1-3H3,(H2,15,16,17). The molecule has 0 bridgehead atoms. The summed E-state index contributed by atoms with van der Waals surface area (Å²) < 4.78 is 0. The van der Waals surface area contributed by atoms with Gasteiger partial charge in [0.05, 0.1) is 0 Å². The van der Waals surface area contributed by atoms with Gasteiger partial charge < -0.3 is 10.6 Å². The quantitative estimate of drug-likeness (QED) is 0.870. The fourth-order valence-electron chi connectivity index (χ4n) is 2.42. The minimum absolute atomic E-state index is 0.629. The van der Waals surface area contributed by atoms with Crippen LogP contribution in [0.3, 0.4) is 0 Å². The predicted octanol–water partition coefficient (Wildman–Crippen LogP) is 2.56. The number of anilines is 2. The fraction of sp³-hybridized carbons (Fsp3) is 0.714. The monoisotopic (exact) mass is 248 g/mol. The molecular formula is C14H24N4. The number of nitrogens with two attached hydrogens (primary N) is 1. The first-order valence-corrected chi connectivity index (χ1v) is 6.96. The van der Waals surface area contributed by atoms with Gasteiger partial charge in [0.2, 0.25) is 0 Å². The van der Waals surface area contributed by atoms with Gasteiger partial charge in [-0.1, -0.05) is 13.3 Å². The van der Waals surface area contributed by atoms with Gasteiger partial charge in [0.15, 0.2) is 0 Å². The molecule has 1 aromatic rings. The Bertz CT molecular complexity index is 413. The Hall–Kier alpha value is -1.32. The number of aromatic nitrogens is 2. The zero-order valence-electron chi connectivity index (χ0n) is 11.7. The molecule has 0 amide bonds. The van der Waals surface area contributed by atoms with Crippen molar-refractivity contribution in [2.75, 3.05) is 24.2 Å².